The third kappa shape index (κ3) is 4.55. The van der Waals surface area contributed by atoms with E-state index < -0.39 is 6.04 Å². The standard InChI is InChI=1S/C13H20N2O2.ClH/c1-4-12(14)13(16)15-9(2)10-6-5-7-11(8-10)17-3;/h5-9,12H,4,14H2,1-3H3,(H,15,16);1H/t9?,12-;/m0./s1. The van der Waals surface area contributed by atoms with Crippen LogP contribution in [0.15, 0.2) is 24.3 Å². The third-order valence-electron chi connectivity index (χ3n) is 2.73. The van der Waals surface area contributed by atoms with Gasteiger partial charge in [-0.25, -0.2) is 0 Å². The lowest BCUT2D eigenvalue weighted by atomic mass is 10.1. The summed E-state index contributed by atoms with van der Waals surface area (Å²) in [5, 5.41) is 2.88. The number of benzene rings is 1. The molecule has 0 saturated heterocycles. The fourth-order valence-corrected chi connectivity index (χ4v) is 1.50. The lowest BCUT2D eigenvalue weighted by Crippen LogP contribution is -2.41. The van der Waals surface area contributed by atoms with E-state index in [4.69, 9.17) is 10.5 Å². The number of hydrogen-bond donors (Lipinski definition) is 2. The van der Waals surface area contributed by atoms with Crippen molar-refractivity contribution in [1.82, 2.24) is 5.32 Å². The molecule has 0 aromatic heterocycles. The van der Waals surface area contributed by atoms with Crippen LogP contribution in [0.2, 0.25) is 0 Å². The Morgan fingerprint density at radius 2 is 2.17 bits per heavy atom. The van der Waals surface area contributed by atoms with Crippen molar-refractivity contribution >= 4 is 18.3 Å². The largest absolute Gasteiger partial charge is 0.497 e. The Balaban J connectivity index is 0.00000289. The van der Waals surface area contributed by atoms with Crippen LogP contribution in [0.25, 0.3) is 0 Å². The van der Waals surface area contributed by atoms with Crippen LogP contribution in [-0.2, 0) is 4.79 Å². The van der Waals surface area contributed by atoms with Gasteiger partial charge in [0.1, 0.15) is 5.75 Å². The summed E-state index contributed by atoms with van der Waals surface area (Å²) in [7, 11) is 1.62. The summed E-state index contributed by atoms with van der Waals surface area (Å²) < 4.78 is 5.14. The van der Waals surface area contributed by atoms with E-state index in [0.29, 0.717) is 6.42 Å². The number of ether oxygens (including phenoxy) is 1. The van der Waals surface area contributed by atoms with Crippen molar-refractivity contribution < 1.29 is 9.53 Å². The number of hydrogen-bond acceptors (Lipinski definition) is 3. The molecule has 0 heterocycles. The van der Waals surface area contributed by atoms with E-state index in [1.807, 2.05) is 38.1 Å². The number of nitrogens with two attached hydrogens (primary N) is 1. The average molecular weight is 273 g/mol. The van der Waals surface area contributed by atoms with Crippen molar-refractivity contribution in [3.63, 3.8) is 0 Å². The summed E-state index contributed by atoms with van der Waals surface area (Å²) in [5.41, 5.74) is 6.66. The molecule has 0 aliphatic carbocycles. The van der Waals surface area contributed by atoms with Gasteiger partial charge in [-0.1, -0.05) is 19.1 Å². The number of amides is 1. The molecule has 1 amide bonds. The zero-order chi connectivity index (χ0) is 12.8. The van der Waals surface area contributed by atoms with E-state index in [-0.39, 0.29) is 24.4 Å². The van der Waals surface area contributed by atoms with Gasteiger partial charge in [0.15, 0.2) is 0 Å². The number of methoxy groups -OCH3 is 1. The molecule has 18 heavy (non-hydrogen) atoms. The van der Waals surface area contributed by atoms with E-state index in [1.165, 1.54) is 0 Å². The van der Waals surface area contributed by atoms with Gasteiger partial charge in [-0.15, -0.1) is 12.4 Å². The van der Waals surface area contributed by atoms with Crippen molar-refractivity contribution in [3.05, 3.63) is 29.8 Å². The van der Waals surface area contributed by atoms with Gasteiger partial charge in [0.05, 0.1) is 19.2 Å². The number of carbonyl (C=O) groups excluding carboxylic acids is 1. The fourth-order valence-electron chi connectivity index (χ4n) is 1.50. The van der Waals surface area contributed by atoms with Crippen molar-refractivity contribution in [2.75, 3.05) is 7.11 Å². The molecule has 0 bridgehead atoms. The Kier molecular flexibility index (Phi) is 7.39. The van der Waals surface area contributed by atoms with Crippen molar-refractivity contribution in [3.8, 4) is 5.75 Å². The minimum atomic E-state index is -0.442. The van der Waals surface area contributed by atoms with Gasteiger partial charge in [-0.3, -0.25) is 4.79 Å². The van der Waals surface area contributed by atoms with E-state index in [9.17, 15) is 4.79 Å². The van der Waals surface area contributed by atoms with E-state index in [1.54, 1.807) is 7.11 Å². The molecule has 0 fully saturated rings. The Morgan fingerprint density at radius 1 is 1.50 bits per heavy atom. The number of rotatable bonds is 5. The fraction of sp³-hybridized carbons (Fsp3) is 0.462. The number of halogens is 1. The van der Waals surface area contributed by atoms with Crippen molar-refractivity contribution in [1.29, 1.82) is 0 Å². The molecule has 1 unspecified atom stereocenters. The quantitative estimate of drug-likeness (QED) is 0.862. The summed E-state index contributed by atoms with van der Waals surface area (Å²) in [5.74, 6) is 0.659. The molecule has 0 saturated carbocycles. The first-order valence-electron chi connectivity index (χ1n) is 5.78. The van der Waals surface area contributed by atoms with Gasteiger partial charge >= 0.3 is 0 Å². The topological polar surface area (TPSA) is 64.4 Å². The van der Waals surface area contributed by atoms with Gasteiger partial charge in [0.25, 0.3) is 0 Å². The molecule has 2 atom stereocenters. The molecule has 1 aromatic carbocycles. The lowest BCUT2D eigenvalue weighted by molar-refractivity contribution is -0.123. The SMILES string of the molecule is CC[C@H](N)C(=O)NC(C)c1cccc(OC)c1.Cl. The van der Waals surface area contributed by atoms with Crippen LogP contribution in [0.1, 0.15) is 31.9 Å². The van der Waals surface area contributed by atoms with E-state index >= 15 is 0 Å². The van der Waals surface area contributed by atoms with E-state index in [0.717, 1.165) is 11.3 Å². The first-order chi connectivity index (χ1) is 8.08. The molecule has 102 valence electrons. The van der Waals surface area contributed by atoms with Crippen molar-refractivity contribution in [2.45, 2.75) is 32.4 Å². The number of carbonyl (C=O) groups is 1. The molecule has 0 radical (unpaired) electrons. The van der Waals surface area contributed by atoms with Crippen LogP contribution in [0.4, 0.5) is 0 Å². The highest BCUT2D eigenvalue weighted by Gasteiger charge is 2.14. The van der Waals surface area contributed by atoms with Crippen LogP contribution in [0.5, 0.6) is 5.75 Å². The van der Waals surface area contributed by atoms with Crippen LogP contribution < -0.4 is 15.8 Å². The smallest absolute Gasteiger partial charge is 0.237 e. The monoisotopic (exact) mass is 272 g/mol. The lowest BCUT2D eigenvalue weighted by Gasteiger charge is -2.17. The summed E-state index contributed by atoms with van der Waals surface area (Å²) in [6.45, 7) is 3.81. The summed E-state index contributed by atoms with van der Waals surface area (Å²) >= 11 is 0. The number of nitrogens with one attached hydrogen (secondary N) is 1. The summed E-state index contributed by atoms with van der Waals surface area (Å²) in [6.07, 6.45) is 0.636. The second-order valence-corrected chi connectivity index (χ2v) is 4.02. The van der Waals surface area contributed by atoms with Gasteiger partial charge in [-0.2, -0.15) is 0 Å². The predicted octanol–water partition coefficient (Wildman–Crippen LogP) is 2.03. The maximum atomic E-state index is 11.6. The van der Waals surface area contributed by atoms with Gasteiger partial charge < -0.3 is 15.8 Å². The van der Waals surface area contributed by atoms with E-state index in [2.05, 4.69) is 5.32 Å². The summed E-state index contributed by atoms with van der Waals surface area (Å²) in [6, 6.07) is 7.11. The predicted molar refractivity (Wildman–Crippen MR) is 75.1 cm³/mol. The minimum Gasteiger partial charge on any atom is -0.497 e. The minimum absolute atomic E-state index is 0. The molecular weight excluding hydrogens is 252 g/mol. The maximum Gasteiger partial charge on any atom is 0.237 e. The first kappa shape index (κ1) is 16.7. The molecular formula is C13H21ClN2O2. The molecule has 1 rings (SSSR count). The highest BCUT2D eigenvalue weighted by Crippen LogP contribution is 2.18. The van der Waals surface area contributed by atoms with Crippen LogP contribution in [0, 0.1) is 0 Å². The van der Waals surface area contributed by atoms with Crippen LogP contribution in [-0.4, -0.2) is 19.1 Å². The van der Waals surface area contributed by atoms with Gasteiger partial charge in [-0.05, 0) is 31.0 Å². The molecule has 3 N–H and O–H groups in total. The molecule has 5 heteroatoms. The maximum absolute atomic E-state index is 11.6. The van der Waals surface area contributed by atoms with Gasteiger partial charge in [0, 0.05) is 0 Å². The third-order valence-corrected chi connectivity index (χ3v) is 2.73. The molecule has 0 aliphatic rings. The highest BCUT2D eigenvalue weighted by atomic mass is 35.5. The van der Waals surface area contributed by atoms with Gasteiger partial charge in [0.2, 0.25) is 5.91 Å². The normalized spacial score (nSPS) is 13.1. The Morgan fingerprint density at radius 3 is 2.72 bits per heavy atom. The Bertz CT molecular complexity index is 385. The highest BCUT2D eigenvalue weighted by molar-refractivity contribution is 5.85. The molecule has 1 aromatic rings. The first-order valence-corrected chi connectivity index (χ1v) is 5.78. The molecule has 0 spiro atoms. The summed E-state index contributed by atoms with van der Waals surface area (Å²) in [4.78, 5) is 11.6. The van der Waals surface area contributed by atoms with Crippen LogP contribution in [0.3, 0.4) is 0 Å². The zero-order valence-corrected chi connectivity index (χ0v) is 11.8. The van der Waals surface area contributed by atoms with Crippen LogP contribution >= 0.6 is 12.4 Å². The molecule has 0 aliphatic heterocycles. The zero-order valence-electron chi connectivity index (χ0n) is 11.0. The second-order valence-electron chi connectivity index (χ2n) is 4.02. The molecule has 4 nitrogen and oxygen atoms in total. The Labute approximate surface area is 114 Å². The average Bonchev–Trinajstić information content (AvgIpc) is 2.37. The second kappa shape index (κ2) is 7.95. The Hall–Kier alpha value is -1.26. The van der Waals surface area contributed by atoms with Crippen molar-refractivity contribution in [2.24, 2.45) is 5.73 Å².